The zero-order valence-electron chi connectivity index (χ0n) is 18.0. The van der Waals surface area contributed by atoms with Crippen molar-refractivity contribution in [2.45, 2.75) is 12.5 Å². The molecule has 1 saturated heterocycles. The van der Waals surface area contributed by atoms with Crippen LogP contribution in [-0.2, 0) is 16.0 Å². The molecular weight excluding hydrogens is 400 g/mol. The van der Waals surface area contributed by atoms with Crippen molar-refractivity contribution in [2.75, 3.05) is 59.4 Å². The Labute approximate surface area is 182 Å². The molecule has 0 aromatic heterocycles. The number of aliphatic hydroxyl groups is 1. The quantitative estimate of drug-likeness (QED) is 0.376. The van der Waals surface area contributed by atoms with E-state index < -0.39 is 5.97 Å². The Morgan fingerprint density at radius 1 is 1.10 bits per heavy atom. The van der Waals surface area contributed by atoms with Gasteiger partial charge in [0.05, 0.1) is 25.4 Å². The molecule has 1 amide bonds. The summed E-state index contributed by atoms with van der Waals surface area (Å²) in [6.45, 7) is 6.85. The number of hydrogen-bond donors (Lipinski definition) is 3. The van der Waals surface area contributed by atoms with Gasteiger partial charge in [-0.05, 0) is 24.1 Å². The molecule has 0 aliphatic carbocycles. The third kappa shape index (κ3) is 8.12. The van der Waals surface area contributed by atoms with E-state index in [9.17, 15) is 24.6 Å². The van der Waals surface area contributed by atoms with Crippen molar-refractivity contribution in [3.8, 4) is 0 Å². The van der Waals surface area contributed by atoms with Crippen molar-refractivity contribution < 1.29 is 24.6 Å². The minimum Gasteiger partial charge on any atom is -0.512 e. The van der Waals surface area contributed by atoms with Crippen molar-refractivity contribution in [1.82, 2.24) is 20.0 Å². The Hall–Kier alpha value is -2.75. The highest BCUT2D eigenvalue weighted by Gasteiger charge is 2.26. The average Bonchev–Trinajstić information content (AvgIpc) is 2.79. The number of nitrogens with zero attached hydrogens (tertiary/aromatic N) is 3. The first-order chi connectivity index (χ1) is 14.8. The molecule has 2 rings (SSSR count). The highest BCUT2D eigenvalue weighted by atomic mass is 16.4. The lowest BCUT2D eigenvalue weighted by molar-refractivity contribution is -0.138. The number of rotatable bonds is 9. The number of aldehydes is 1. The first-order valence-electron chi connectivity index (χ1n) is 10.3. The number of carbonyl (C=O) groups is 3. The number of carboxylic acid groups (broad SMARTS) is 1. The number of benzene rings is 1. The lowest BCUT2D eigenvalue weighted by Gasteiger charge is -2.34. The van der Waals surface area contributed by atoms with Crippen molar-refractivity contribution in [3.63, 3.8) is 0 Å². The fourth-order valence-electron chi connectivity index (χ4n) is 3.82. The molecule has 0 spiro atoms. The van der Waals surface area contributed by atoms with E-state index in [1.165, 1.54) is 0 Å². The molecule has 31 heavy (non-hydrogen) atoms. The highest BCUT2D eigenvalue weighted by Crippen LogP contribution is 2.15. The van der Waals surface area contributed by atoms with Crippen LogP contribution in [0.4, 0.5) is 0 Å². The second kappa shape index (κ2) is 12.2. The standard InChI is InChI=1S/C22H32N4O5/c1-17(28)14-26-10-9-24(16-21(29)30)7-8-25(11-12-27)15-20(26)13-18-3-5-19(6-4-18)22(31)23-2/h3-6,12,20,28H,1,7-11,13-16H2,2H3,(H,23,31)(H,29,30). The molecule has 1 unspecified atom stereocenters. The first-order valence-corrected chi connectivity index (χ1v) is 10.3. The van der Waals surface area contributed by atoms with Crippen LogP contribution in [0, 0.1) is 0 Å². The summed E-state index contributed by atoms with van der Waals surface area (Å²) in [5.41, 5.74) is 1.60. The van der Waals surface area contributed by atoms with E-state index in [-0.39, 0.29) is 37.3 Å². The number of aliphatic hydroxyl groups excluding tert-OH is 1. The summed E-state index contributed by atoms with van der Waals surface area (Å²) < 4.78 is 0. The van der Waals surface area contributed by atoms with E-state index >= 15 is 0 Å². The van der Waals surface area contributed by atoms with Crippen LogP contribution in [0.1, 0.15) is 15.9 Å². The van der Waals surface area contributed by atoms with Gasteiger partial charge < -0.3 is 20.3 Å². The van der Waals surface area contributed by atoms with E-state index in [0.29, 0.717) is 44.7 Å². The van der Waals surface area contributed by atoms with Gasteiger partial charge in [-0.3, -0.25) is 24.3 Å². The van der Waals surface area contributed by atoms with Crippen LogP contribution < -0.4 is 5.32 Å². The van der Waals surface area contributed by atoms with Gasteiger partial charge in [-0.25, -0.2) is 0 Å². The first kappa shape index (κ1) is 24.5. The number of carboxylic acids is 1. The van der Waals surface area contributed by atoms with E-state index in [4.69, 9.17) is 0 Å². The van der Waals surface area contributed by atoms with Gasteiger partial charge in [0, 0.05) is 51.4 Å². The van der Waals surface area contributed by atoms with Gasteiger partial charge in [-0.1, -0.05) is 18.7 Å². The molecule has 1 aliphatic heterocycles. The van der Waals surface area contributed by atoms with Crippen molar-refractivity contribution in [2.24, 2.45) is 0 Å². The Bertz CT molecular complexity index is 768. The topological polar surface area (TPSA) is 113 Å². The Morgan fingerprint density at radius 2 is 1.74 bits per heavy atom. The van der Waals surface area contributed by atoms with Gasteiger partial charge in [0.15, 0.2) is 0 Å². The number of hydrogen-bond acceptors (Lipinski definition) is 7. The van der Waals surface area contributed by atoms with E-state index in [1.54, 1.807) is 19.2 Å². The van der Waals surface area contributed by atoms with Crippen LogP contribution in [0.5, 0.6) is 0 Å². The number of nitrogens with one attached hydrogen (secondary N) is 1. The fourth-order valence-corrected chi connectivity index (χ4v) is 3.82. The van der Waals surface area contributed by atoms with Gasteiger partial charge >= 0.3 is 5.97 Å². The van der Waals surface area contributed by atoms with Gasteiger partial charge in [0.1, 0.15) is 6.29 Å². The average molecular weight is 433 g/mol. The van der Waals surface area contributed by atoms with Crippen molar-refractivity contribution >= 4 is 18.2 Å². The SMILES string of the molecule is C=C(O)CN1CCN(CC(=O)O)CCN(CC=O)CC1Cc1ccc(C(=O)NC)cc1. The van der Waals surface area contributed by atoms with E-state index in [0.717, 1.165) is 11.8 Å². The summed E-state index contributed by atoms with van der Waals surface area (Å²) in [4.78, 5) is 40.1. The smallest absolute Gasteiger partial charge is 0.317 e. The molecule has 0 radical (unpaired) electrons. The molecule has 1 atom stereocenters. The van der Waals surface area contributed by atoms with Crippen molar-refractivity contribution in [1.29, 1.82) is 0 Å². The highest BCUT2D eigenvalue weighted by molar-refractivity contribution is 5.93. The normalized spacial score (nSPS) is 19.1. The van der Waals surface area contributed by atoms with E-state index in [1.807, 2.05) is 21.9 Å². The molecule has 1 aromatic rings. The molecular formula is C22H32N4O5. The second-order valence-electron chi connectivity index (χ2n) is 7.77. The Morgan fingerprint density at radius 3 is 2.32 bits per heavy atom. The molecule has 9 heteroatoms. The largest absolute Gasteiger partial charge is 0.512 e. The van der Waals surface area contributed by atoms with Gasteiger partial charge in [0.25, 0.3) is 5.91 Å². The minimum atomic E-state index is -0.896. The summed E-state index contributed by atoms with van der Waals surface area (Å²) >= 11 is 0. The molecule has 9 nitrogen and oxygen atoms in total. The summed E-state index contributed by atoms with van der Waals surface area (Å²) in [6, 6.07) is 7.33. The lowest BCUT2D eigenvalue weighted by atomic mass is 10.0. The summed E-state index contributed by atoms with van der Waals surface area (Å²) in [5, 5.41) is 21.7. The summed E-state index contributed by atoms with van der Waals surface area (Å²) in [5.74, 6) is -1.01. The Kier molecular flexibility index (Phi) is 9.64. The molecule has 0 bridgehead atoms. The molecule has 170 valence electrons. The van der Waals surface area contributed by atoms with Crippen LogP contribution in [0.25, 0.3) is 0 Å². The maximum absolute atomic E-state index is 11.8. The minimum absolute atomic E-state index is 0.0283. The van der Waals surface area contributed by atoms with Crippen LogP contribution in [0.3, 0.4) is 0 Å². The van der Waals surface area contributed by atoms with E-state index in [2.05, 4.69) is 16.8 Å². The molecule has 1 heterocycles. The number of aliphatic carboxylic acids is 1. The zero-order valence-corrected chi connectivity index (χ0v) is 18.0. The maximum Gasteiger partial charge on any atom is 0.317 e. The third-order valence-electron chi connectivity index (χ3n) is 5.41. The summed E-state index contributed by atoms with van der Waals surface area (Å²) in [6.07, 6.45) is 1.50. The third-order valence-corrected chi connectivity index (χ3v) is 5.41. The number of carbonyl (C=O) groups excluding carboxylic acids is 2. The van der Waals surface area contributed by atoms with Gasteiger partial charge in [0.2, 0.25) is 0 Å². The number of amides is 1. The molecule has 0 saturated carbocycles. The fraction of sp³-hybridized carbons (Fsp3) is 0.500. The van der Waals surface area contributed by atoms with Crippen LogP contribution in [0.15, 0.2) is 36.6 Å². The summed E-state index contributed by atoms with van der Waals surface area (Å²) in [7, 11) is 1.59. The lowest BCUT2D eigenvalue weighted by Crippen LogP contribution is -2.47. The van der Waals surface area contributed by atoms with Crippen LogP contribution >= 0.6 is 0 Å². The molecule has 3 N–H and O–H groups in total. The Balaban J connectivity index is 2.25. The second-order valence-corrected chi connectivity index (χ2v) is 7.77. The maximum atomic E-state index is 11.8. The van der Waals surface area contributed by atoms with Gasteiger partial charge in [-0.2, -0.15) is 0 Å². The molecule has 1 fully saturated rings. The zero-order chi connectivity index (χ0) is 22.8. The van der Waals surface area contributed by atoms with Crippen molar-refractivity contribution in [3.05, 3.63) is 47.7 Å². The predicted octanol–water partition coefficient (Wildman–Crippen LogP) is 0.232. The van der Waals surface area contributed by atoms with Gasteiger partial charge in [-0.15, -0.1) is 0 Å². The molecule has 1 aromatic carbocycles. The monoisotopic (exact) mass is 432 g/mol. The van der Waals surface area contributed by atoms with Crippen LogP contribution in [0.2, 0.25) is 0 Å². The molecule has 1 aliphatic rings. The predicted molar refractivity (Wildman–Crippen MR) is 117 cm³/mol. The van der Waals surface area contributed by atoms with Crippen LogP contribution in [-0.4, -0.2) is 109 Å².